The van der Waals surface area contributed by atoms with Crippen LogP contribution in [0.2, 0.25) is 0 Å². The van der Waals surface area contributed by atoms with Gasteiger partial charge in [-0.2, -0.15) is 21.6 Å². The first kappa shape index (κ1) is 26.8. The molecule has 228 valence electrons. The van der Waals surface area contributed by atoms with E-state index in [2.05, 4.69) is 30.3 Å². The fourth-order valence-electron chi connectivity index (χ4n) is 9.04. The first-order chi connectivity index (χ1) is 22.7. The van der Waals surface area contributed by atoms with E-state index >= 15 is 0 Å². The molecule has 0 radical (unpaired) electrons. The maximum absolute atomic E-state index is 14.1. The minimum atomic E-state index is -6.06. The summed E-state index contributed by atoms with van der Waals surface area (Å²) in [6, 6.07) is 40.7. The molecule has 6 aromatic carbocycles. The van der Waals surface area contributed by atoms with Crippen LogP contribution in [-0.2, 0) is 20.9 Å². The third-order valence-corrected chi connectivity index (χ3v) is 11.3. The van der Waals surface area contributed by atoms with Crippen molar-refractivity contribution in [2.75, 3.05) is 0 Å². The Labute approximate surface area is 266 Å². The first-order valence-electron chi connectivity index (χ1n) is 15.1. The molecule has 0 saturated heterocycles. The smallest absolute Gasteiger partial charge is 0.456 e. The lowest BCUT2D eigenvalue weighted by Gasteiger charge is -2.61. The number of hydrogen-bond acceptors (Lipinski definition) is 4. The van der Waals surface area contributed by atoms with Crippen LogP contribution in [0.25, 0.3) is 44.2 Å². The van der Waals surface area contributed by atoms with E-state index in [4.69, 9.17) is 8.60 Å². The number of benzene rings is 6. The Bertz CT molecular complexity index is 2540. The Morgan fingerprint density at radius 1 is 0.511 bits per heavy atom. The Hall–Kier alpha value is -5.34. The van der Waals surface area contributed by atoms with Crippen LogP contribution in [0.5, 0.6) is 5.75 Å². The van der Waals surface area contributed by atoms with Gasteiger partial charge in [0.1, 0.15) is 16.9 Å². The van der Waals surface area contributed by atoms with Gasteiger partial charge in [0.15, 0.2) is 0 Å². The molecule has 4 nitrogen and oxygen atoms in total. The average Bonchev–Trinajstić information content (AvgIpc) is 3.46. The van der Waals surface area contributed by atoms with Crippen LogP contribution in [0.15, 0.2) is 132 Å². The molecule has 0 N–H and O–H groups in total. The summed E-state index contributed by atoms with van der Waals surface area (Å²) in [5, 5.41) is 1.25. The average molecular weight is 643 g/mol. The molecular weight excluding hydrogens is 621 g/mol. The van der Waals surface area contributed by atoms with E-state index in [9.17, 15) is 21.6 Å². The first-order valence-corrected chi connectivity index (χ1v) is 16.5. The number of rotatable bonds is 2. The lowest BCUT2D eigenvalue weighted by atomic mass is 9.39. The lowest BCUT2D eigenvalue weighted by Crippen LogP contribution is -2.58. The molecule has 0 spiro atoms. The Morgan fingerprint density at radius 3 is 1.47 bits per heavy atom. The standard InChI is InChI=1S/C39H21F3O4S/c40-39(41,42)47(43,44)46-33-21-20-32-35-34-30(18-9-19-31(34)45-32)37-26-14-5-1-10-22(26)24-12-3-7-16-28(24)38(37,36(33)35)29-17-8-4-13-25(29)23-11-2-6-15-27(23)37/h1-21H. The van der Waals surface area contributed by atoms with Gasteiger partial charge in [0.05, 0.1) is 10.8 Å². The van der Waals surface area contributed by atoms with E-state index in [0.717, 1.165) is 50.1 Å². The highest BCUT2D eigenvalue weighted by molar-refractivity contribution is 7.88. The number of alkyl halides is 3. The van der Waals surface area contributed by atoms with Crippen molar-refractivity contribution in [1.29, 1.82) is 0 Å². The van der Waals surface area contributed by atoms with Crippen molar-refractivity contribution in [3.05, 3.63) is 161 Å². The summed E-state index contributed by atoms with van der Waals surface area (Å²) in [5.74, 6) is -0.389. The molecule has 3 aliphatic carbocycles. The molecule has 10 rings (SSSR count). The maximum atomic E-state index is 14.1. The van der Waals surface area contributed by atoms with Gasteiger partial charge in [-0.15, -0.1) is 0 Å². The summed E-state index contributed by atoms with van der Waals surface area (Å²) in [4.78, 5) is 0. The minimum Gasteiger partial charge on any atom is -0.456 e. The third kappa shape index (κ3) is 2.90. The number of fused-ring (bicyclic) bond motifs is 6. The zero-order valence-electron chi connectivity index (χ0n) is 24.3. The van der Waals surface area contributed by atoms with Crippen LogP contribution >= 0.6 is 0 Å². The number of hydrogen-bond donors (Lipinski definition) is 0. The summed E-state index contributed by atoms with van der Waals surface area (Å²) >= 11 is 0. The molecule has 0 atom stereocenters. The quantitative estimate of drug-likeness (QED) is 0.139. The zero-order valence-corrected chi connectivity index (χ0v) is 25.1. The van der Waals surface area contributed by atoms with Gasteiger partial charge in [0, 0.05) is 16.3 Å². The van der Waals surface area contributed by atoms with E-state index < -0.39 is 26.5 Å². The minimum absolute atomic E-state index is 0.323. The second-order valence-corrected chi connectivity index (χ2v) is 13.8. The number of halogens is 3. The van der Waals surface area contributed by atoms with Crippen molar-refractivity contribution in [2.24, 2.45) is 0 Å². The predicted octanol–water partition coefficient (Wildman–Crippen LogP) is 9.46. The highest BCUT2D eigenvalue weighted by Gasteiger charge is 2.68. The van der Waals surface area contributed by atoms with Crippen molar-refractivity contribution in [3.8, 4) is 28.0 Å². The molecule has 0 bridgehead atoms. The predicted molar refractivity (Wildman–Crippen MR) is 173 cm³/mol. The summed E-state index contributed by atoms with van der Waals surface area (Å²) in [7, 11) is -6.06. The Balaban J connectivity index is 1.56. The largest absolute Gasteiger partial charge is 0.534 e. The fraction of sp³-hybridized carbons (Fsp3) is 0.0769. The third-order valence-electron chi connectivity index (χ3n) is 10.4. The van der Waals surface area contributed by atoms with Crippen LogP contribution in [0.1, 0.15) is 33.4 Å². The second-order valence-electron chi connectivity index (χ2n) is 12.3. The highest BCUT2D eigenvalue weighted by atomic mass is 32.2. The molecule has 1 aromatic heterocycles. The van der Waals surface area contributed by atoms with Gasteiger partial charge in [-0.25, -0.2) is 0 Å². The van der Waals surface area contributed by atoms with Crippen LogP contribution in [0.3, 0.4) is 0 Å². The second kappa shape index (κ2) is 8.52. The fourth-order valence-corrected chi connectivity index (χ4v) is 9.51. The maximum Gasteiger partial charge on any atom is 0.534 e. The van der Waals surface area contributed by atoms with Gasteiger partial charge in [-0.3, -0.25) is 0 Å². The molecule has 8 heteroatoms. The van der Waals surface area contributed by atoms with E-state index in [1.807, 2.05) is 84.9 Å². The van der Waals surface area contributed by atoms with E-state index in [1.165, 1.54) is 12.1 Å². The van der Waals surface area contributed by atoms with Gasteiger partial charge >= 0.3 is 15.6 Å². The van der Waals surface area contributed by atoms with Gasteiger partial charge in [-0.1, -0.05) is 109 Å². The lowest BCUT2D eigenvalue weighted by molar-refractivity contribution is -0.0500. The Morgan fingerprint density at radius 2 is 0.957 bits per heavy atom. The molecule has 0 amide bonds. The molecule has 47 heavy (non-hydrogen) atoms. The SMILES string of the molecule is O=S(=O)(Oc1ccc2oc3cccc4c3c2c1C12c3ccccc3-c3ccccc3C41c1ccccc1-c1ccccc12)C(F)(F)F. The normalized spacial score (nSPS) is 20.1. The molecule has 1 heterocycles. The van der Waals surface area contributed by atoms with Crippen molar-refractivity contribution < 1.29 is 30.2 Å². The highest BCUT2D eigenvalue weighted by Crippen LogP contribution is 2.74. The summed E-state index contributed by atoms with van der Waals surface area (Å²) in [5.41, 5.74) is 1.48. The van der Waals surface area contributed by atoms with Gasteiger partial charge in [0.2, 0.25) is 0 Å². The summed E-state index contributed by atoms with van der Waals surface area (Å²) in [6.45, 7) is 0. The summed E-state index contributed by atoms with van der Waals surface area (Å²) < 4.78 is 79.7. The number of furan rings is 1. The van der Waals surface area contributed by atoms with Gasteiger partial charge in [0.25, 0.3) is 0 Å². The molecular formula is C39H21F3O4S. The zero-order chi connectivity index (χ0) is 31.9. The van der Waals surface area contributed by atoms with E-state index in [-0.39, 0.29) is 5.75 Å². The van der Waals surface area contributed by atoms with Crippen LogP contribution in [0, 0.1) is 0 Å². The van der Waals surface area contributed by atoms with Crippen molar-refractivity contribution >= 4 is 32.1 Å². The topological polar surface area (TPSA) is 56.5 Å². The molecule has 0 saturated carbocycles. The van der Waals surface area contributed by atoms with Gasteiger partial charge < -0.3 is 8.60 Å². The van der Waals surface area contributed by atoms with E-state index in [1.54, 1.807) is 0 Å². The summed E-state index contributed by atoms with van der Waals surface area (Å²) in [6.07, 6.45) is 0. The van der Waals surface area contributed by atoms with E-state index in [0.29, 0.717) is 27.5 Å². The van der Waals surface area contributed by atoms with Gasteiger partial charge in [-0.05, 0) is 68.3 Å². The molecule has 0 unspecified atom stereocenters. The monoisotopic (exact) mass is 642 g/mol. The Kier molecular flexibility index (Phi) is 4.86. The van der Waals surface area contributed by atoms with Crippen LogP contribution in [-0.4, -0.2) is 13.9 Å². The van der Waals surface area contributed by atoms with Crippen LogP contribution in [0.4, 0.5) is 13.2 Å². The van der Waals surface area contributed by atoms with Crippen LogP contribution < -0.4 is 4.18 Å². The molecule has 3 aliphatic rings. The van der Waals surface area contributed by atoms with Crippen molar-refractivity contribution in [3.63, 3.8) is 0 Å². The van der Waals surface area contributed by atoms with Crippen molar-refractivity contribution in [1.82, 2.24) is 0 Å². The molecule has 7 aromatic rings. The van der Waals surface area contributed by atoms with Crippen molar-refractivity contribution in [2.45, 2.75) is 16.3 Å². The molecule has 0 fully saturated rings. The molecule has 0 aliphatic heterocycles.